The lowest BCUT2D eigenvalue weighted by Gasteiger charge is -2.38. The Labute approximate surface area is 100 Å². The molecule has 1 unspecified atom stereocenters. The van der Waals surface area contributed by atoms with E-state index in [0.29, 0.717) is 5.88 Å². The molecule has 1 aliphatic heterocycles. The number of aromatic nitrogens is 1. The van der Waals surface area contributed by atoms with Crippen LogP contribution >= 0.6 is 0 Å². The van der Waals surface area contributed by atoms with Gasteiger partial charge in [-0.05, 0) is 12.0 Å². The van der Waals surface area contributed by atoms with Crippen molar-refractivity contribution in [3.8, 4) is 5.88 Å². The van der Waals surface area contributed by atoms with Gasteiger partial charge in [-0.1, -0.05) is 6.07 Å². The minimum absolute atomic E-state index is 0.0953. The van der Waals surface area contributed by atoms with Gasteiger partial charge in [0.1, 0.15) is 6.04 Å². The molecule has 0 bridgehead atoms. The summed E-state index contributed by atoms with van der Waals surface area (Å²) in [4.78, 5) is 17.6. The maximum absolute atomic E-state index is 11.4. The van der Waals surface area contributed by atoms with Gasteiger partial charge >= 0.3 is 5.97 Å². The predicted octanol–water partition coefficient (Wildman–Crippen LogP) is 0.837. The zero-order valence-electron chi connectivity index (χ0n) is 10.0. The zero-order chi connectivity index (χ0) is 12.3. The van der Waals surface area contributed by atoms with Crippen molar-refractivity contribution in [1.29, 1.82) is 0 Å². The zero-order valence-corrected chi connectivity index (χ0v) is 10.0. The summed E-state index contributed by atoms with van der Waals surface area (Å²) < 4.78 is 9.73. The first-order valence-electron chi connectivity index (χ1n) is 5.55. The van der Waals surface area contributed by atoms with Crippen LogP contribution in [0, 0.1) is 0 Å². The topological polar surface area (TPSA) is 51.7 Å². The fourth-order valence-corrected chi connectivity index (χ4v) is 1.89. The van der Waals surface area contributed by atoms with E-state index in [9.17, 15) is 4.79 Å². The lowest BCUT2D eigenvalue weighted by Crippen LogP contribution is -2.52. The Morgan fingerprint density at radius 1 is 1.53 bits per heavy atom. The summed E-state index contributed by atoms with van der Waals surface area (Å²) in [5.41, 5.74) is 1.07. The number of hydrogen-bond acceptors (Lipinski definition) is 5. The van der Waals surface area contributed by atoms with Crippen molar-refractivity contribution in [3.63, 3.8) is 0 Å². The number of nitrogens with zero attached hydrogens (tertiary/aromatic N) is 2. The highest BCUT2D eigenvalue weighted by molar-refractivity contribution is 5.76. The number of methoxy groups -OCH3 is 2. The summed E-state index contributed by atoms with van der Waals surface area (Å²) in [5, 5.41) is 0. The highest BCUT2D eigenvalue weighted by Crippen LogP contribution is 2.21. The summed E-state index contributed by atoms with van der Waals surface area (Å²) in [6.07, 6.45) is 2.64. The molecule has 0 aliphatic carbocycles. The minimum atomic E-state index is -0.155. The number of rotatable bonds is 4. The average molecular weight is 236 g/mol. The van der Waals surface area contributed by atoms with E-state index in [1.165, 1.54) is 7.11 Å². The van der Waals surface area contributed by atoms with Crippen LogP contribution in [0.3, 0.4) is 0 Å². The van der Waals surface area contributed by atoms with Gasteiger partial charge in [0.25, 0.3) is 0 Å². The molecule has 1 fully saturated rings. The molecule has 2 heterocycles. The Morgan fingerprint density at radius 3 is 2.82 bits per heavy atom. The second-order valence-electron chi connectivity index (χ2n) is 4.01. The molecule has 0 N–H and O–H groups in total. The SMILES string of the molecule is COC(=O)C1CCN1Cc1ccc(OC)nc1. The molecule has 0 spiro atoms. The Bertz CT molecular complexity index is 391. The fraction of sp³-hybridized carbons (Fsp3) is 0.500. The Hall–Kier alpha value is -1.62. The lowest BCUT2D eigenvalue weighted by molar-refractivity contribution is -0.152. The van der Waals surface area contributed by atoms with Gasteiger partial charge in [-0.15, -0.1) is 0 Å². The lowest BCUT2D eigenvalue weighted by atomic mass is 10.0. The molecule has 17 heavy (non-hydrogen) atoms. The normalized spacial score (nSPS) is 19.5. The van der Waals surface area contributed by atoms with E-state index in [0.717, 1.165) is 25.1 Å². The van der Waals surface area contributed by atoms with Crippen LogP contribution in [0.2, 0.25) is 0 Å². The minimum Gasteiger partial charge on any atom is -0.481 e. The van der Waals surface area contributed by atoms with Crippen molar-refractivity contribution in [1.82, 2.24) is 9.88 Å². The first-order valence-corrected chi connectivity index (χ1v) is 5.55. The monoisotopic (exact) mass is 236 g/mol. The number of ether oxygens (including phenoxy) is 2. The molecule has 5 heteroatoms. The molecule has 1 saturated heterocycles. The number of carbonyl (C=O) groups excluding carboxylic acids is 1. The highest BCUT2D eigenvalue weighted by atomic mass is 16.5. The van der Waals surface area contributed by atoms with Crippen LogP contribution < -0.4 is 4.74 Å². The molecule has 1 aromatic rings. The molecule has 5 nitrogen and oxygen atoms in total. The van der Waals surface area contributed by atoms with Gasteiger partial charge in [-0.25, -0.2) is 4.98 Å². The van der Waals surface area contributed by atoms with Crippen LogP contribution in [-0.2, 0) is 16.1 Å². The van der Waals surface area contributed by atoms with E-state index in [2.05, 4.69) is 9.88 Å². The molecular weight excluding hydrogens is 220 g/mol. The molecule has 0 amide bonds. The van der Waals surface area contributed by atoms with Gasteiger partial charge < -0.3 is 9.47 Å². The molecule has 0 aromatic carbocycles. The summed E-state index contributed by atoms with van der Waals surface area (Å²) >= 11 is 0. The fourth-order valence-electron chi connectivity index (χ4n) is 1.89. The third-order valence-electron chi connectivity index (χ3n) is 3.00. The largest absolute Gasteiger partial charge is 0.481 e. The van der Waals surface area contributed by atoms with Crippen molar-refractivity contribution >= 4 is 5.97 Å². The Morgan fingerprint density at radius 2 is 2.35 bits per heavy atom. The number of esters is 1. The van der Waals surface area contributed by atoms with E-state index in [1.807, 2.05) is 12.1 Å². The van der Waals surface area contributed by atoms with Gasteiger partial charge in [-0.3, -0.25) is 9.69 Å². The molecule has 0 radical (unpaired) electrons. The maximum Gasteiger partial charge on any atom is 0.323 e. The molecule has 2 rings (SSSR count). The summed E-state index contributed by atoms with van der Waals surface area (Å²) in [5.74, 6) is 0.444. The van der Waals surface area contributed by atoms with Crippen LogP contribution in [0.1, 0.15) is 12.0 Å². The first kappa shape index (κ1) is 11.9. The van der Waals surface area contributed by atoms with Crippen molar-refractivity contribution in [2.75, 3.05) is 20.8 Å². The van der Waals surface area contributed by atoms with Gasteiger partial charge in [0, 0.05) is 25.4 Å². The average Bonchev–Trinajstić information content (AvgIpc) is 2.35. The van der Waals surface area contributed by atoms with Gasteiger partial charge in [0.15, 0.2) is 0 Å². The second kappa shape index (κ2) is 5.14. The van der Waals surface area contributed by atoms with Crippen LogP contribution in [0.25, 0.3) is 0 Å². The van der Waals surface area contributed by atoms with Crippen LogP contribution in [-0.4, -0.2) is 42.7 Å². The van der Waals surface area contributed by atoms with Crippen LogP contribution in [0.15, 0.2) is 18.3 Å². The number of hydrogen-bond donors (Lipinski definition) is 0. The van der Waals surface area contributed by atoms with Crippen molar-refractivity contribution < 1.29 is 14.3 Å². The van der Waals surface area contributed by atoms with E-state index in [1.54, 1.807) is 13.3 Å². The third kappa shape index (κ3) is 2.55. The Kier molecular flexibility index (Phi) is 3.58. The van der Waals surface area contributed by atoms with Crippen molar-refractivity contribution in [2.45, 2.75) is 19.0 Å². The molecular formula is C12H16N2O3. The number of carbonyl (C=O) groups is 1. The molecule has 0 saturated carbocycles. The molecule has 1 aromatic heterocycles. The van der Waals surface area contributed by atoms with Gasteiger partial charge in [-0.2, -0.15) is 0 Å². The summed E-state index contributed by atoms with van der Waals surface area (Å²) in [6.45, 7) is 1.64. The number of likely N-dealkylation sites (tertiary alicyclic amines) is 1. The van der Waals surface area contributed by atoms with Crippen molar-refractivity contribution in [2.24, 2.45) is 0 Å². The maximum atomic E-state index is 11.4. The smallest absolute Gasteiger partial charge is 0.323 e. The Balaban J connectivity index is 1.94. The van der Waals surface area contributed by atoms with Crippen molar-refractivity contribution in [3.05, 3.63) is 23.9 Å². The second-order valence-corrected chi connectivity index (χ2v) is 4.01. The molecule has 1 atom stereocenters. The summed E-state index contributed by atoms with van der Waals surface area (Å²) in [6, 6.07) is 3.68. The van der Waals surface area contributed by atoms with Gasteiger partial charge in [0.05, 0.1) is 14.2 Å². The van der Waals surface area contributed by atoms with E-state index in [-0.39, 0.29) is 12.0 Å². The van der Waals surface area contributed by atoms with Crippen LogP contribution in [0.4, 0.5) is 0 Å². The standard InChI is InChI=1S/C12H16N2O3/c1-16-11-4-3-9(7-13-11)8-14-6-5-10(14)12(15)17-2/h3-4,7,10H,5-6,8H2,1-2H3. The van der Waals surface area contributed by atoms with E-state index >= 15 is 0 Å². The van der Waals surface area contributed by atoms with E-state index < -0.39 is 0 Å². The third-order valence-corrected chi connectivity index (χ3v) is 3.00. The highest BCUT2D eigenvalue weighted by Gasteiger charge is 2.34. The van der Waals surface area contributed by atoms with Crippen LogP contribution in [0.5, 0.6) is 5.88 Å². The van der Waals surface area contributed by atoms with E-state index in [4.69, 9.17) is 9.47 Å². The molecule has 1 aliphatic rings. The van der Waals surface area contributed by atoms with Gasteiger partial charge in [0.2, 0.25) is 5.88 Å². The summed E-state index contributed by atoms with van der Waals surface area (Å²) in [7, 11) is 3.01. The quantitative estimate of drug-likeness (QED) is 0.725. The first-order chi connectivity index (χ1) is 8.24. The number of pyridine rings is 1. The molecule has 92 valence electrons. The predicted molar refractivity (Wildman–Crippen MR) is 61.6 cm³/mol.